The summed E-state index contributed by atoms with van der Waals surface area (Å²) in [6.07, 6.45) is 3.57. The summed E-state index contributed by atoms with van der Waals surface area (Å²) in [5, 5.41) is 35.9. The molecule has 1 aromatic carbocycles. The molecule has 12 rings (SSSR count). The SMILES string of the molecule is CNC(=O)C[C@@H]1NC(=O)c2csc(n2)-c2ccc(-c3nc(NC(=O)C4CCC(C(=O)N5CCN(CCN6CCCC6)CC5)CC4)cs3)nc2-c2csc(n2)-c2csc(n2)[C@H]([C@@H](O)c2ccccc2)NC(=O)CNC(=O)c2nc(sc2COC)[C@H](C(C)C)CC(=O)c2nc1sc2C. The van der Waals surface area contributed by atoms with Crippen LogP contribution in [0.4, 0.5) is 5.82 Å². The highest BCUT2D eigenvalue weighted by Gasteiger charge is 2.36. The summed E-state index contributed by atoms with van der Waals surface area (Å²) in [7, 11) is 2.99. The van der Waals surface area contributed by atoms with Crippen LogP contribution < -0.4 is 26.6 Å². The molecule has 8 aromatic rings. The number of anilines is 1. The van der Waals surface area contributed by atoms with E-state index in [0.717, 1.165) is 39.3 Å². The van der Waals surface area contributed by atoms with E-state index in [1.54, 1.807) is 53.4 Å². The second-order valence-electron chi connectivity index (χ2n) is 24.7. The molecule has 4 atom stereocenters. The lowest BCUT2D eigenvalue weighted by Crippen LogP contribution is -2.51. The maximum absolute atomic E-state index is 14.4. The number of likely N-dealkylation sites (tertiary alicyclic amines) is 1. The summed E-state index contributed by atoms with van der Waals surface area (Å²) in [6.45, 7) is 13.0. The minimum Gasteiger partial charge on any atom is -0.386 e. The molecular weight excluding hydrogens is 1340 g/mol. The number of nitrogens with zero attached hydrogens (tertiary/aromatic N) is 10. The van der Waals surface area contributed by atoms with E-state index in [0.29, 0.717) is 105 Å². The van der Waals surface area contributed by atoms with Crippen molar-refractivity contribution >= 4 is 115 Å². The standard InChI is InChI=1S/C66H75N15O9S6/c1-35(2)41-27-47(82)52-36(3)95-64(77-52)43(28-50(83)67-4)70-58(87)45-32-91-60(72-45)40-17-18-42(62-75-49(34-94-62)74-57(86)38-13-15-39(16-14-38)66(89)81-25-23-80(24-26-81)22-21-79-19-9-10-20-79)69-53(40)44-31-92-63(71-44)46-33-93-65(73-46)55(56(85)37-11-7-6-8-12-37)76-51(84)29-68-59(88)54-48(30-90-5)96-61(41)78-54/h6-8,11-12,17-18,31-35,38-39,41,43,55-56,85H,9-10,13-16,19-30H2,1-5H3,(H,67,83)(H,68,88)(H,70,87)(H,74,86)(H,76,84)/t38?,39?,41-,43-,55-,56-/m0/s1. The molecule has 4 aliphatic rings. The molecule has 7 aromatic heterocycles. The van der Waals surface area contributed by atoms with Gasteiger partial charge < -0.3 is 46.2 Å². The average Bonchev–Trinajstić information content (AvgIpc) is 1.56. The smallest absolute Gasteiger partial charge is 0.271 e. The number of aliphatic hydroxyl groups is 1. The van der Waals surface area contributed by atoms with E-state index in [2.05, 4.69) is 36.4 Å². The molecule has 6 N–H and O–H groups in total. The predicted molar refractivity (Wildman–Crippen MR) is 371 cm³/mol. The van der Waals surface area contributed by atoms with Gasteiger partial charge in [-0.3, -0.25) is 38.5 Å². The maximum atomic E-state index is 14.4. The highest BCUT2D eigenvalue weighted by Crippen LogP contribution is 2.41. The number of ketones is 1. The van der Waals surface area contributed by atoms with Gasteiger partial charge in [-0.05, 0) is 82.2 Å². The van der Waals surface area contributed by atoms with Gasteiger partial charge in [0.05, 0.1) is 41.2 Å². The number of carbonyl (C=O) groups excluding carboxylic acids is 7. The molecule has 0 spiro atoms. The zero-order valence-electron chi connectivity index (χ0n) is 53.8. The van der Waals surface area contributed by atoms with Gasteiger partial charge in [0, 0.05) is 110 Å². The number of amides is 6. The van der Waals surface area contributed by atoms with Gasteiger partial charge in [0.25, 0.3) is 11.8 Å². The number of pyridine rings is 1. The van der Waals surface area contributed by atoms with E-state index in [4.69, 9.17) is 39.6 Å². The second-order valence-corrected chi connectivity index (χ2v) is 30.5. The molecule has 3 aliphatic heterocycles. The number of thiazole rings is 6. The van der Waals surface area contributed by atoms with Gasteiger partial charge in [-0.1, -0.05) is 44.2 Å². The highest BCUT2D eigenvalue weighted by atomic mass is 32.1. The molecule has 24 nitrogen and oxygen atoms in total. The Morgan fingerprint density at radius 3 is 2.09 bits per heavy atom. The fourth-order valence-corrected chi connectivity index (χ4v) is 18.0. The van der Waals surface area contributed by atoms with E-state index in [1.807, 2.05) is 36.3 Å². The van der Waals surface area contributed by atoms with E-state index in [1.165, 1.54) is 108 Å². The molecule has 1 aliphatic carbocycles. The Morgan fingerprint density at radius 1 is 0.677 bits per heavy atom. The topological polar surface area (TPSA) is 309 Å². The van der Waals surface area contributed by atoms with Crippen molar-refractivity contribution in [2.24, 2.45) is 17.8 Å². The number of rotatable bonds is 14. The van der Waals surface area contributed by atoms with Crippen LogP contribution in [-0.2, 0) is 30.5 Å². The van der Waals surface area contributed by atoms with Gasteiger partial charge in [-0.15, -0.1) is 68.0 Å². The lowest BCUT2D eigenvalue weighted by atomic mass is 9.81. The monoisotopic (exact) mass is 1410 g/mol. The first-order chi connectivity index (χ1) is 46.5. The van der Waals surface area contributed by atoms with Crippen molar-refractivity contribution in [1.29, 1.82) is 0 Å². The number of benzene rings is 1. The summed E-state index contributed by atoms with van der Waals surface area (Å²) >= 11 is 7.44. The van der Waals surface area contributed by atoms with Gasteiger partial charge in [-0.2, -0.15) is 0 Å². The first-order valence-corrected chi connectivity index (χ1v) is 37.3. The van der Waals surface area contributed by atoms with Gasteiger partial charge in [0.15, 0.2) is 5.78 Å². The fourth-order valence-electron chi connectivity index (χ4n) is 12.5. The molecule has 3 fully saturated rings. The molecule has 1 saturated carbocycles. The Kier molecular flexibility index (Phi) is 22.0. The molecule has 10 heterocycles. The first kappa shape index (κ1) is 68.4. The molecule has 30 heteroatoms. The molecular formula is C66H75N15O9S6. The van der Waals surface area contributed by atoms with Crippen LogP contribution in [0.3, 0.4) is 0 Å². The normalized spacial score (nSPS) is 20.5. The first-order valence-electron chi connectivity index (χ1n) is 32.2. The number of hydrogen-bond donors (Lipinski definition) is 6. The summed E-state index contributed by atoms with van der Waals surface area (Å²) in [5.74, 6) is -3.06. The lowest BCUT2D eigenvalue weighted by molar-refractivity contribution is -0.139. The number of aromatic nitrogens is 7. The van der Waals surface area contributed by atoms with Crippen molar-refractivity contribution in [2.45, 2.75) is 103 Å². The summed E-state index contributed by atoms with van der Waals surface area (Å²) in [6, 6.07) is 10.4. The minimum absolute atomic E-state index is 0.0316. The number of nitrogens with one attached hydrogen (secondary N) is 5. The average molecular weight is 1410 g/mol. The quantitative estimate of drug-likeness (QED) is 0.0591. The number of carbonyl (C=O) groups is 7. The van der Waals surface area contributed by atoms with Crippen LogP contribution in [-0.4, -0.2) is 169 Å². The van der Waals surface area contributed by atoms with Crippen LogP contribution in [0.2, 0.25) is 0 Å². The molecule has 96 heavy (non-hydrogen) atoms. The van der Waals surface area contributed by atoms with Crippen LogP contribution in [0.5, 0.6) is 0 Å². The van der Waals surface area contributed by atoms with Gasteiger partial charge in [-0.25, -0.2) is 34.9 Å². The van der Waals surface area contributed by atoms with Crippen LogP contribution >= 0.6 is 68.0 Å². The van der Waals surface area contributed by atoms with Crippen molar-refractivity contribution in [3.63, 3.8) is 0 Å². The molecule has 2 saturated heterocycles. The van der Waals surface area contributed by atoms with E-state index in [-0.39, 0.29) is 77.8 Å². The maximum Gasteiger partial charge on any atom is 0.271 e. The third-order valence-electron chi connectivity index (χ3n) is 17.9. The number of fused-ring (bicyclic) bond motifs is 14. The molecule has 6 amide bonds. The molecule has 10 bridgehead atoms. The van der Waals surface area contributed by atoms with Crippen LogP contribution in [0.15, 0.2) is 64.0 Å². The van der Waals surface area contributed by atoms with Crippen molar-refractivity contribution < 1.29 is 43.4 Å². The second kappa shape index (κ2) is 30.9. The summed E-state index contributed by atoms with van der Waals surface area (Å²) < 4.78 is 5.49. The summed E-state index contributed by atoms with van der Waals surface area (Å²) in [4.78, 5) is 140. The van der Waals surface area contributed by atoms with Crippen molar-refractivity contribution in [2.75, 3.05) is 78.4 Å². The Hall–Kier alpha value is -7.52. The van der Waals surface area contributed by atoms with Crippen molar-refractivity contribution in [3.05, 3.63) is 111 Å². The van der Waals surface area contributed by atoms with Crippen molar-refractivity contribution in [3.8, 4) is 43.4 Å². The molecule has 0 radical (unpaired) electrons. The Labute approximate surface area is 579 Å². The number of Topliss-reactive ketones (excluding diaryl/α,β-unsaturated/α-hetero) is 1. The number of aliphatic hydroxyl groups excluding tert-OH is 1. The Bertz CT molecular complexity index is 4120. The van der Waals surface area contributed by atoms with Gasteiger partial charge in [0.2, 0.25) is 23.6 Å². The highest BCUT2D eigenvalue weighted by molar-refractivity contribution is 7.15. The molecule has 504 valence electrons. The third kappa shape index (κ3) is 15.9. The molecule has 0 unspecified atom stereocenters. The Morgan fingerprint density at radius 2 is 1.35 bits per heavy atom. The van der Waals surface area contributed by atoms with Gasteiger partial charge >= 0.3 is 0 Å². The van der Waals surface area contributed by atoms with Gasteiger partial charge in [0.1, 0.15) is 77.2 Å². The number of piperazine rings is 1. The van der Waals surface area contributed by atoms with Crippen LogP contribution in [0.1, 0.15) is 151 Å². The largest absolute Gasteiger partial charge is 0.386 e. The van der Waals surface area contributed by atoms with Crippen LogP contribution in [0.25, 0.3) is 43.4 Å². The minimum atomic E-state index is -1.27. The zero-order chi connectivity index (χ0) is 67.1. The van der Waals surface area contributed by atoms with E-state index < -0.39 is 48.4 Å². The number of aryl methyl sites for hydroxylation is 1. The number of methoxy groups -OCH3 is 1. The van der Waals surface area contributed by atoms with E-state index in [9.17, 15) is 38.7 Å². The third-order valence-corrected chi connectivity index (χ3v) is 23.7. The lowest BCUT2D eigenvalue weighted by Gasteiger charge is -2.38. The predicted octanol–water partition coefficient (Wildman–Crippen LogP) is 9.18. The number of hydrogen-bond acceptors (Lipinski definition) is 24. The van der Waals surface area contributed by atoms with E-state index >= 15 is 0 Å². The van der Waals surface area contributed by atoms with Crippen LogP contribution in [0, 0.1) is 24.7 Å². The Balaban J connectivity index is 0.825. The number of ether oxygens (including phenoxy) is 1. The van der Waals surface area contributed by atoms with Crippen molar-refractivity contribution in [1.82, 2.24) is 70.9 Å². The fraction of sp³-hybridized carbons (Fsp3) is 0.455. The zero-order valence-corrected chi connectivity index (χ0v) is 58.7. The summed E-state index contributed by atoms with van der Waals surface area (Å²) in [5.41, 5.74) is 3.06.